The molecule has 4 aromatic rings. The molecule has 2 aromatic heterocycles. The number of amides is 1. The minimum absolute atomic E-state index is 0.183. The Labute approximate surface area is 168 Å². The van der Waals surface area contributed by atoms with Crippen molar-refractivity contribution in [3.05, 3.63) is 101 Å². The van der Waals surface area contributed by atoms with Crippen LogP contribution in [0.3, 0.4) is 0 Å². The second-order valence-corrected chi connectivity index (χ2v) is 6.97. The summed E-state index contributed by atoms with van der Waals surface area (Å²) in [6.45, 7) is 2.45. The minimum Gasteiger partial charge on any atom is -0.348 e. The zero-order valence-corrected chi connectivity index (χ0v) is 16.1. The van der Waals surface area contributed by atoms with Gasteiger partial charge in [-0.1, -0.05) is 41.4 Å². The monoisotopic (exact) mass is 390 g/mol. The van der Waals surface area contributed by atoms with E-state index >= 15 is 0 Å². The SMILES string of the molecule is Cc1ccc(-n2ncc(C(=O)NCc3ccc(Cl)cc3)c2-n2cccc2)cc1. The van der Waals surface area contributed by atoms with Gasteiger partial charge < -0.3 is 9.88 Å². The molecule has 0 saturated heterocycles. The Bertz CT molecular complexity index is 1080. The molecule has 2 heterocycles. The normalized spacial score (nSPS) is 10.8. The number of hydrogen-bond acceptors (Lipinski definition) is 2. The van der Waals surface area contributed by atoms with Crippen LogP contribution in [0.5, 0.6) is 0 Å². The molecule has 0 aliphatic rings. The summed E-state index contributed by atoms with van der Waals surface area (Å²) in [6, 6.07) is 19.3. The Kier molecular flexibility index (Phi) is 5.00. The molecular formula is C22H19ClN4O. The van der Waals surface area contributed by atoms with Gasteiger partial charge in [0, 0.05) is 24.0 Å². The molecule has 0 aliphatic carbocycles. The Morgan fingerprint density at radius 1 is 1.04 bits per heavy atom. The highest BCUT2D eigenvalue weighted by atomic mass is 35.5. The van der Waals surface area contributed by atoms with Crippen LogP contribution >= 0.6 is 11.6 Å². The molecule has 4 rings (SSSR count). The van der Waals surface area contributed by atoms with Crippen molar-refractivity contribution in [2.24, 2.45) is 0 Å². The lowest BCUT2D eigenvalue weighted by Gasteiger charge is -2.11. The number of benzene rings is 2. The van der Waals surface area contributed by atoms with Gasteiger partial charge in [-0.15, -0.1) is 0 Å². The fourth-order valence-corrected chi connectivity index (χ4v) is 3.11. The van der Waals surface area contributed by atoms with Gasteiger partial charge in [-0.3, -0.25) is 4.79 Å². The average Bonchev–Trinajstić information content (AvgIpc) is 3.37. The van der Waals surface area contributed by atoms with Gasteiger partial charge in [0.1, 0.15) is 5.56 Å². The van der Waals surface area contributed by atoms with Gasteiger partial charge in [-0.2, -0.15) is 5.10 Å². The average molecular weight is 391 g/mol. The summed E-state index contributed by atoms with van der Waals surface area (Å²) in [7, 11) is 0. The van der Waals surface area contributed by atoms with Crippen molar-refractivity contribution in [2.45, 2.75) is 13.5 Å². The van der Waals surface area contributed by atoms with E-state index in [0.29, 0.717) is 22.9 Å². The molecule has 0 bridgehead atoms. The summed E-state index contributed by atoms with van der Waals surface area (Å²) in [5, 5.41) is 8.11. The van der Waals surface area contributed by atoms with Crippen LogP contribution in [-0.2, 0) is 6.54 Å². The van der Waals surface area contributed by atoms with Gasteiger partial charge in [0.15, 0.2) is 5.82 Å². The van der Waals surface area contributed by atoms with Crippen molar-refractivity contribution in [1.82, 2.24) is 19.7 Å². The standard InChI is InChI=1S/C22H19ClN4O/c1-16-4-10-19(11-5-16)27-22(26-12-2-3-13-26)20(15-25-27)21(28)24-14-17-6-8-18(23)9-7-17/h2-13,15H,14H2,1H3,(H,24,28). The van der Waals surface area contributed by atoms with E-state index in [-0.39, 0.29) is 5.91 Å². The fourth-order valence-electron chi connectivity index (χ4n) is 2.98. The Morgan fingerprint density at radius 3 is 2.39 bits per heavy atom. The summed E-state index contributed by atoms with van der Waals surface area (Å²) in [6.07, 6.45) is 5.40. The van der Waals surface area contributed by atoms with Gasteiger partial charge in [-0.25, -0.2) is 4.68 Å². The molecule has 1 amide bonds. The Hall–Kier alpha value is -3.31. The first-order valence-corrected chi connectivity index (χ1v) is 9.31. The van der Waals surface area contributed by atoms with Crippen molar-refractivity contribution in [1.29, 1.82) is 0 Å². The maximum atomic E-state index is 12.9. The second kappa shape index (κ2) is 7.74. The van der Waals surface area contributed by atoms with Crippen LogP contribution in [-0.4, -0.2) is 20.3 Å². The van der Waals surface area contributed by atoms with Gasteiger partial charge in [0.05, 0.1) is 11.9 Å². The summed E-state index contributed by atoms with van der Waals surface area (Å²) >= 11 is 5.92. The smallest absolute Gasteiger partial charge is 0.256 e. The third-order valence-electron chi connectivity index (χ3n) is 4.48. The molecule has 0 fully saturated rings. The van der Waals surface area contributed by atoms with E-state index in [1.54, 1.807) is 10.9 Å². The van der Waals surface area contributed by atoms with Crippen molar-refractivity contribution in [3.8, 4) is 11.5 Å². The molecule has 140 valence electrons. The molecule has 0 saturated carbocycles. The number of nitrogens with one attached hydrogen (secondary N) is 1. The number of rotatable bonds is 5. The van der Waals surface area contributed by atoms with Crippen molar-refractivity contribution in [3.63, 3.8) is 0 Å². The molecule has 0 radical (unpaired) electrons. The largest absolute Gasteiger partial charge is 0.348 e. The molecule has 6 heteroatoms. The highest BCUT2D eigenvalue weighted by Crippen LogP contribution is 2.20. The molecule has 0 spiro atoms. The zero-order chi connectivity index (χ0) is 19.5. The van der Waals surface area contributed by atoms with Gasteiger partial charge >= 0.3 is 0 Å². The van der Waals surface area contributed by atoms with Crippen LogP contribution in [0.15, 0.2) is 79.3 Å². The van der Waals surface area contributed by atoms with Crippen LogP contribution in [0.4, 0.5) is 0 Å². The van der Waals surface area contributed by atoms with Crippen molar-refractivity contribution >= 4 is 17.5 Å². The number of carbonyl (C=O) groups is 1. The number of aryl methyl sites for hydroxylation is 1. The van der Waals surface area contributed by atoms with Crippen LogP contribution in [0.2, 0.25) is 5.02 Å². The second-order valence-electron chi connectivity index (χ2n) is 6.53. The predicted molar refractivity (Wildman–Crippen MR) is 110 cm³/mol. The maximum Gasteiger partial charge on any atom is 0.256 e. The summed E-state index contributed by atoms with van der Waals surface area (Å²) < 4.78 is 3.67. The third kappa shape index (κ3) is 3.70. The number of nitrogens with zero attached hydrogens (tertiary/aromatic N) is 3. The lowest BCUT2D eigenvalue weighted by Crippen LogP contribution is -2.24. The van der Waals surface area contributed by atoms with E-state index in [2.05, 4.69) is 10.4 Å². The van der Waals surface area contributed by atoms with Crippen LogP contribution in [0, 0.1) is 6.92 Å². The van der Waals surface area contributed by atoms with E-state index in [1.807, 2.05) is 84.5 Å². The fraction of sp³-hybridized carbons (Fsp3) is 0.0909. The van der Waals surface area contributed by atoms with Crippen molar-refractivity contribution in [2.75, 3.05) is 0 Å². The first kappa shape index (κ1) is 18.1. The molecule has 5 nitrogen and oxygen atoms in total. The molecule has 0 unspecified atom stereocenters. The summed E-state index contributed by atoms with van der Waals surface area (Å²) in [4.78, 5) is 12.9. The number of hydrogen-bond donors (Lipinski definition) is 1. The van der Waals surface area contributed by atoms with Gasteiger partial charge in [-0.05, 0) is 48.9 Å². The first-order chi connectivity index (χ1) is 13.6. The van der Waals surface area contributed by atoms with Gasteiger partial charge in [0.25, 0.3) is 5.91 Å². The summed E-state index contributed by atoms with van der Waals surface area (Å²) in [5.74, 6) is 0.513. The third-order valence-corrected chi connectivity index (χ3v) is 4.73. The van der Waals surface area contributed by atoms with E-state index in [9.17, 15) is 4.79 Å². The number of carbonyl (C=O) groups excluding carboxylic acids is 1. The van der Waals surface area contributed by atoms with Crippen LogP contribution < -0.4 is 5.32 Å². The lowest BCUT2D eigenvalue weighted by molar-refractivity contribution is 0.0951. The van der Waals surface area contributed by atoms with E-state index in [4.69, 9.17) is 11.6 Å². The molecule has 28 heavy (non-hydrogen) atoms. The minimum atomic E-state index is -0.183. The van der Waals surface area contributed by atoms with Crippen LogP contribution in [0.25, 0.3) is 11.5 Å². The number of aromatic nitrogens is 3. The van der Waals surface area contributed by atoms with Crippen molar-refractivity contribution < 1.29 is 4.79 Å². The molecule has 2 aromatic carbocycles. The molecular weight excluding hydrogens is 372 g/mol. The van der Waals surface area contributed by atoms with Gasteiger partial charge in [0.2, 0.25) is 0 Å². The maximum absolute atomic E-state index is 12.9. The molecule has 0 aliphatic heterocycles. The lowest BCUT2D eigenvalue weighted by atomic mass is 10.2. The Morgan fingerprint density at radius 2 is 1.71 bits per heavy atom. The van der Waals surface area contributed by atoms with E-state index < -0.39 is 0 Å². The quantitative estimate of drug-likeness (QED) is 0.543. The summed E-state index contributed by atoms with van der Waals surface area (Å²) in [5.41, 5.74) is 3.54. The van der Waals surface area contributed by atoms with Crippen LogP contribution in [0.1, 0.15) is 21.5 Å². The highest BCUT2D eigenvalue weighted by Gasteiger charge is 2.19. The van der Waals surface area contributed by atoms with E-state index in [0.717, 1.165) is 11.3 Å². The van der Waals surface area contributed by atoms with E-state index in [1.165, 1.54) is 5.56 Å². The Balaban J connectivity index is 1.65. The topological polar surface area (TPSA) is 51.9 Å². The first-order valence-electron chi connectivity index (χ1n) is 8.93. The predicted octanol–water partition coefficient (Wildman–Crippen LogP) is 4.55. The molecule has 0 atom stereocenters. The zero-order valence-electron chi connectivity index (χ0n) is 15.3. The highest BCUT2D eigenvalue weighted by molar-refractivity contribution is 6.30. The number of halogens is 1. The molecule has 1 N–H and O–H groups in total.